The Bertz CT molecular complexity index is 933. The van der Waals surface area contributed by atoms with E-state index < -0.39 is 0 Å². The van der Waals surface area contributed by atoms with Gasteiger partial charge >= 0.3 is 0 Å². The minimum atomic E-state index is -0.309. The highest BCUT2D eigenvalue weighted by Gasteiger charge is 2.28. The van der Waals surface area contributed by atoms with Gasteiger partial charge in [-0.05, 0) is 35.4 Å². The predicted octanol–water partition coefficient (Wildman–Crippen LogP) is 1.45. The normalized spacial score (nSPS) is 16.4. The number of ether oxygens (including phenoxy) is 1. The van der Waals surface area contributed by atoms with Crippen molar-refractivity contribution in [2.75, 3.05) is 7.11 Å². The van der Waals surface area contributed by atoms with Crippen molar-refractivity contribution in [3.63, 3.8) is 0 Å². The fraction of sp³-hybridized carbons (Fsp3) is 0.389. The van der Waals surface area contributed by atoms with Gasteiger partial charge in [-0.2, -0.15) is 5.10 Å². The number of carbonyl (C=O) groups is 1. The third-order valence-corrected chi connectivity index (χ3v) is 4.72. The van der Waals surface area contributed by atoms with E-state index in [0.717, 1.165) is 42.8 Å². The zero-order chi connectivity index (χ0) is 18.6. The summed E-state index contributed by atoms with van der Waals surface area (Å²) < 4.78 is 8.74. The summed E-state index contributed by atoms with van der Waals surface area (Å²) >= 11 is 0. The van der Waals surface area contributed by atoms with Crippen LogP contribution in [0, 0.1) is 0 Å². The summed E-state index contributed by atoms with van der Waals surface area (Å²) in [6, 6.07) is 7.64. The van der Waals surface area contributed by atoms with E-state index in [1.165, 1.54) is 0 Å². The Morgan fingerprint density at radius 1 is 1.37 bits per heavy atom. The summed E-state index contributed by atoms with van der Waals surface area (Å²) in [7, 11) is 1.63. The Kier molecular flexibility index (Phi) is 4.82. The Hall–Kier alpha value is -3.23. The summed E-state index contributed by atoms with van der Waals surface area (Å²) in [5.41, 5.74) is 1.81. The average Bonchev–Trinajstić information content (AvgIpc) is 3.32. The lowest BCUT2D eigenvalue weighted by Crippen LogP contribution is -2.30. The van der Waals surface area contributed by atoms with Crippen molar-refractivity contribution in [1.29, 1.82) is 0 Å². The van der Waals surface area contributed by atoms with Gasteiger partial charge in [0.25, 0.3) is 0 Å². The molecule has 27 heavy (non-hydrogen) atoms. The Morgan fingerprint density at radius 2 is 2.30 bits per heavy atom. The van der Waals surface area contributed by atoms with Crippen molar-refractivity contribution >= 4 is 5.91 Å². The molecule has 0 saturated carbocycles. The molecule has 0 saturated heterocycles. The first-order valence-corrected chi connectivity index (χ1v) is 8.96. The Balaban J connectivity index is 1.42. The van der Waals surface area contributed by atoms with E-state index in [0.29, 0.717) is 12.4 Å². The van der Waals surface area contributed by atoms with Gasteiger partial charge in [0, 0.05) is 30.9 Å². The molecule has 9 nitrogen and oxygen atoms in total. The number of methoxy groups -OCH3 is 1. The molecule has 3 aromatic rings. The third-order valence-electron chi connectivity index (χ3n) is 4.72. The maximum Gasteiger partial charge on any atom is 0.231 e. The maximum absolute atomic E-state index is 12.7. The molecule has 0 bridgehead atoms. The van der Waals surface area contributed by atoms with E-state index in [4.69, 9.17) is 4.74 Å². The molecule has 9 heteroatoms. The van der Waals surface area contributed by atoms with Crippen LogP contribution in [0.1, 0.15) is 36.6 Å². The molecule has 3 heterocycles. The number of amides is 1. The maximum atomic E-state index is 12.7. The average molecular weight is 367 g/mol. The van der Waals surface area contributed by atoms with Crippen LogP contribution in [0.4, 0.5) is 0 Å². The summed E-state index contributed by atoms with van der Waals surface area (Å²) in [6.07, 6.45) is 6.35. The number of aromatic nitrogens is 6. The lowest BCUT2D eigenvalue weighted by atomic mass is 10.0. The van der Waals surface area contributed by atoms with E-state index in [1.54, 1.807) is 22.7 Å². The van der Waals surface area contributed by atoms with Crippen LogP contribution in [-0.2, 0) is 17.9 Å². The number of rotatable bonds is 5. The molecule has 1 atom stereocenters. The van der Waals surface area contributed by atoms with Gasteiger partial charge in [-0.1, -0.05) is 12.5 Å². The molecule has 0 radical (unpaired) electrons. The molecule has 4 rings (SSSR count). The quantitative estimate of drug-likeness (QED) is 0.733. The van der Waals surface area contributed by atoms with Crippen molar-refractivity contribution in [3.05, 3.63) is 48.0 Å². The van der Waals surface area contributed by atoms with Gasteiger partial charge < -0.3 is 10.1 Å². The van der Waals surface area contributed by atoms with Gasteiger partial charge in [0.1, 0.15) is 5.75 Å². The molecule has 1 amide bonds. The lowest BCUT2D eigenvalue weighted by molar-refractivity contribution is -0.123. The molecule has 0 spiro atoms. The summed E-state index contributed by atoms with van der Waals surface area (Å²) in [5, 5.41) is 19.1. The second-order valence-corrected chi connectivity index (χ2v) is 6.52. The monoisotopic (exact) mass is 367 g/mol. The number of nitrogens with one attached hydrogen (secondary N) is 1. The van der Waals surface area contributed by atoms with Crippen molar-refractivity contribution in [2.45, 2.75) is 38.3 Å². The van der Waals surface area contributed by atoms with Crippen LogP contribution in [0.3, 0.4) is 0 Å². The molecule has 0 aliphatic carbocycles. The number of benzene rings is 1. The van der Waals surface area contributed by atoms with Gasteiger partial charge in [0.2, 0.25) is 5.91 Å². The number of fused-ring (bicyclic) bond motifs is 1. The largest absolute Gasteiger partial charge is 0.497 e. The van der Waals surface area contributed by atoms with Crippen LogP contribution < -0.4 is 10.1 Å². The minimum Gasteiger partial charge on any atom is -0.497 e. The SMILES string of the molecule is COc1cccc(-n2cc(CNC(=O)C3CCCCn4nnnc43)cn2)c1. The molecule has 1 aliphatic heterocycles. The first kappa shape index (κ1) is 17.2. The molecular weight excluding hydrogens is 346 g/mol. The molecule has 140 valence electrons. The molecule has 1 unspecified atom stereocenters. The van der Waals surface area contributed by atoms with Gasteiger partial charge in [-0.3, -0.25) is 4.79 Å². The first-order chi connectivity index (χ1) is 13.2. The molecule has 1 aromatic carbocycles. The van der Waals surface area contributed by atoms with E-state index in [1.807, 2.05) is 30.5 Å². The van der Waals surface area contributed by atoms with Gasteiger partial charge in [-0.25, -0.2) is 9.36 Å². The second kappa shape index (κ2) is 7.56. The fourth-order valence-electron chi connectivity index (χ4n) is 3.27. The highest BCUT2D eigenvalue weighted by atomic mass is 16.5. The molecule has 2 aromatic heterocycles. The van der Waals surface area contributed by atoms with E-state index in [9.17, 15) is 4.79 Å². The van der Waals surface area contributed by atoms with Crippen LogP contribution in [0.25, 0.3) is 5.69 Å². The Morgan fingerprint density at radius 3 is 3.19 bits per heavy atom. The number of tetrazole rings is 1. The number of hydrogen-bond acceptors (Lipinski definition) is 6. The second-order valence-electron chi connectivity index (χ2n) is 6.52. The lowest BCUT2D eigenvalue weighted by Gasteiger charge is -2.12. The standard InChI is InChI=1S/C18H21N7O2/c1-27-15-6-4-5-14(9-15)25-12-13(11-20-25)10-19-18(26)16-7-2-3-8-24-17(16)21-22-23-24/h4-6,9,11-12,16H,2-3,7-8,10H2,1H3,(H,19,26). The zero-order valence-electron chi connectivity index (χ0n) is 15.1. The predicted molar refractivity (Wildman–Crippen MR) is 96.4 cm³/mol. The topological polar surface area (TPSA) is 99.8 Å². The Labute approximate surface area is 156 Å². The summed E-state index contributed by atoms with van der Waals surface area (Å²) in [4.78, 5) is 12.7. The van der Waals surface area contributed by atoms with E-state index >= 15 is 0 Å². The minimum absolute atomic E-state index is 0.0536. The number of aryl methyl sites for hydroxylation is 1. The fourth-order valence-corrected chi connectivity index (χ4v) is 3.27. The number of nitrogens with zero attached hydrogens (tertiary/aromatic N) is 6. The van der Waals surface area contributed by atoms with Crippen LogP contribution in [0.15, 0.2) is 36.7 Å². The van der Waals surface area contributed by atoms with Crippen molar-refractivity contribution in [2.24, 2.45) is 0 Å². The number of carbonyl (C=O) groups excluding carboxylic acids is 1. The van der Waals surface area contributed by atoms with E-state index in [-0.39, 0.29) is 11.8 Å². The summed E-state index contributed by atoms with van der Waals surface area (Å²) in [5.74, 6) is 1.05. The zero-order valence-corrected chi connectivity index (χ0v) is 15.1. The number of hydrogen-bond donors (Lipinski definition) is 1. The third kappa shape index (κ3) is 3.67. The van der Waals surface area contributed by atoms with Crippen LogP contribution in [0.2, 0.25) is 0 Å². The van der Waals surface area contributed by atoms with Crippen LogP contribution in [-0.4, -0.2) is 43.0 Å². The van der Waals surface area contributed by atoms with Gasteiger partial charge in [0.15, 0.2) is 5.82 Å². The molecule has 1 N–H and O–H groups in total. The van der Waals surface area contributed by atoms with Crippen molar-refractivity contribution in [3.8, 4) is 11.4 Å². The van der Waals surface area contributed by atoms with E-state index in [2.05, 4.69) is 25.9 Å². The summed E-state index contributed by atoms with van der Waals surface area (Å²) in [6.45, 7) is 1.17. The van der Waals surface area contributed by atoms with Gasteiger partial charge in [0.05, 0.1) is 24.9 Å². The smallest absolute Gasteiger partial charge is 0.231 e. The highest BCUT2D eigenvalue weighted by Crippen LogP contribution is 2.24. The van der Waals surface area contributed by atoms with Crippen LogP contribution >= 0.6 is 0 Å². The molecular formula is C18H21N7O2. The van der Waals surface area contributed by atoms with Crippen molar-refractivity contribution < 1.29 is 9.53 Å². The first-order valence-electron chi connectivity index (χ1n) is 8.96. The highest BCUT2D eigenvalue weighted by molar-refractivity contribution is 5.82. The molecule has 0 fully saturated rings. The van der Waals surface area contributed by atoms with Gasteiger partial charge in [-0.15, -0.1) is 5.10 Å². The molecule has 1 aliphatic rings. The van der Waals surface area contributed by atoms with Crippen molar-refractivity contribution in [1.82, 2.24) is 35.3 Å². The van der Waals surface area contributed by atoms with Crippen LogP contribution in [0.5, 0.6) is 5.75 Å².